The number of morpholine rings is 1. The maximum Gasteiger partial charge on any atom is 0.290 e. The molecule has 2 saturated heterocycles. The Labute approximate surface area is 193 Å². The fourth-order valence-electron chi connectivity index (χ4n) is 4.40. The fraction of sp³-hybridized carbons (Fsp3) is 0.478. The summed E-state index contributed by atoms with van der Waals surface area (Å²) < 4.78 is 38.3. The van der Waals surface area contributed by atoms with Gasteiger partial charge in [-0.25, -0.2) is 8.42 Å². The van der Waals surface area contributed by atoms with Gasteiger partial charge in [0.1, 0.15) is 6.04 Å². The first-order chi connectivity index (χ1) is 15.8. The van der Waals surface area contributed by atoms with Crippen LogP contribution in [0.2, 0.25) is 0 Å². The highest BCUT2D eigenvalue weighted by atomic mass is 32.2. The van der Waals surface area contributed by atoms with E-state index < -0.39 is 16.1 Å². The van der Waals surface area contributed by atoms with Gasteiger partial charge in [-0.2, -0.15) is 4.31 Å². The lowest BCUT2D eigenvalue weighted by Gasteiger charge is -2.34. The molecule has 2 aliphatic rings. The van der Waals surface area contributed by atoms with E-state index in [1.807, 2.05) is 13.8 Å². The van der Waals surface area contributed by atoms with Crippen LogP contribution in [-0.2, 0) is 19.6 Å². The second-order valence-corrected chi connectivity index (χ2v) is 10.5. The molecule has 0 saturated carbocycles. The van der Waals surface area contributed by atoms with E-state index in [4.69, 9.17) is 9.15 Å². The second kappa shape index (κ2) is 9.66. The lowest BCUT2D eigenvalue weighted by atomic mass is 10.0. The van der Waals surface area contributed by atoms with E-state index in [9.17, 15) is 18.0 Å². The van der Waals surface area contributed by atoms with Gasteiger partial charge in [0.25, 0.3) is 5.91 Å². The Bertz CT molecular complexity index is 1070. The van der Waals surface area contributed by atoms with Crippen molar-refractivity contribution in [2.24, 2.45) is 0 Å². The minimum atomic E-state index is -3.66. The van der Waals surface area contributed by atoms with Gasteiger partial charge in [0, 0.05) is 25.3 Å². The molecule has 33 heavy (non-hydrogen) atoms. The lowest BCUT2D eigenvalue weighted by Crippen LogP contribution is -2.49. The number of furan rings is 1. The number of hydrogen-bond donors (Lipinski definition) is 1. The van der Waals surface area contributed by atoms with E-state index >= 15 is 0 Å². The van der Waals surface area contributed by atoms with Gasteiger partial charge in [-0.3, -0.25) is 9.59 Å². The molecule has 2 aliphatic heterocycles. The van der Waals surface area contributed by atoms with Crippen molar-refractivity contribution in [1.29, 1.82) is 0 Å². The third-order valence-electron chi connectivity index (χ3n) is 5.94. The van der Waals surface area contributed by atoms with Crippen molar-refractivity contribution in [2.75, 3.05) is 25.0 Å². The number of sulfonamides is 1. The highest BCUT2D eigenvalue weighted by Crippen LogP contribution is 2.24. The number of ether oxygens (including phenoxy) is 1. The van der Waals surface area contributed by atoms with Gasteiger partial charge in [0.15, 0.2) is 5.76 Å². The molecule has 4 rings (SSSR count). The number of amides is 2. The van der Waals surface area contributed by atoms with Crippen molar-refractivity contribution in [3.8, 4) is 0 Å². The number of piperidine rings is 1. The van der Waals surface area contributed by atoms with Crippen LogP contribution in [0, 0.1) is 0 Å². The first-order valence-electron chi connectivity index (χ1n) is 11.2. The standard InChI is InChI=1S/C23H29N3O6S/c1-16-14-25(15-17(2)32-16)33(29,30)19-10-8-18(9-11-19)24-22(27)20-6-3-4-12-26(20)23(28)21-7-5-13-31-21/h5,7-11,13,16-17,20H,3-4,6,12,14-15H2,1-2H3,(H,24,27). The van der Waals surface area contributed by atoms with Gasteiger partial charge < -0.3 is 19.4 Å². The average Bonchev–Trinajstić information content (AvgIpc) is 3.33. The van der Waals surface area contributed by atoms with Crippen LogP contribution >= 0.6 is 0 Å². The van der Waals surface area contributed by atoms with Crippen LogP contribution in [0.5, 0.6) is 0 Å². The summed E-state index contributed by atoms with van der Waals surface area (Å²) in [4.78, 5) is 27.4. The van der Waals surface area contributed by atoms with Crippen molar-refractivity contribution in [2.45, 2.75) is 56.3 Å². The van der Waals surface area contributed by atoms with Crippen molar-refractivity contribution < 1.29 is 27.2 Å². The van der Waals surface area contributed by atoms with Gasteiger partial charge in [-0.05, 0) is 69.5 Å². The summed E-state index contributed by atoms with van der Waals surface area (Å²) >= 11 is 0. The molecule has 2 amide bonds. The van der Waals surface area contributed by atoms with Crippen LogP contribution in [0.3, 0.4) is 0 Å². The van der Waals surface area contributed by atoms with Crippen LogP contribution in [0.1, 0.15) is 43.7 Å². The molecule has 9 nitrogen and oxygen atoms in total. The Kier molecular flexibility index (Phi) is 6.87. The third kappa shape index (κ3) is 5.13. The second-order valence-electron chi connectivity index (χ2n) is 8.58. The number of rotatable bonds is 5. The van der Waals surface area contributed by atoms with Crippen LogP contribution in [0.4, 0.5) is 5.69 Å². The molecule has 1 N–H and O–H groups in total. The van der Waals surface area contributed by atoms with Gasteiger partial charge >= 0.3 is 0 Å². The summed E-state index contributed by atoms with van der Waals surface area (Å²) in [5, 5.41) is 2.82. The number of nitrogens with one attached hydrogen (secondary N) is 1. The normalized spacial score (nSPS) is 24.4. The van der Waals surface area contributed by atoms with E-state index in [2.05, 4.69) is 5.32 Å². The highest BCUT2D eigenvalue weighted by molar-refractivity contribution is 7.89. The summed E-state index contributed by atoms with van der Waals surface area (Å²) in [6, 6.07) is 8.72. The predicted molar refractivity (Wildman–Crippen MR) is 121 cm³/mol. The van der Waals surface area contributed by atoms with E-state index in [-0.39, 0.29) is 34.7 Å². The molecule has 1 aromatic heterocycles. The number of carbonyl (C=O) groups excluding carboxylic acids is 2. The van der Waals surface area contributed by atoms with Crippen molar-refractivity contribution in [1.82, 2.24) is 9.21 Å². The van der Waals surface area contributed by atoms with Crippen molar-refractivity contribution in [3.05, 3.63) is 48.4 Å². The van der Waals surface area contributed by atoms with Crippen LogP contribution < -0.4 is 5.32 Å². The predicted octanol–water partition coefficient (Wildman–Crippen LogP) is 2.71. The van der Waals surface area contributed by atoms with Crippen LogP contribution in [-0.4, -0.2) is 67.3 Å². The number of anilines is 1. The van der Waals surface area contributed by atoms with Gasteiger partial charge in [-0.15, -0.1) is 0 Å². The zero-order chi connectivity index (χ0) is 23.6. The Morgan fingerprint density at radius 1 is 1.03 bits per heavy atom. The first-order valence-corrected chi connectivity index (χ1v) is 12.6. The van der Waals surface area contributed by atoms with E-state index in [0.717, 1.165) is 12.8 Å². The fourth-order valence-corrected chi connectivity index (χ4v) is 5.99. The highest BCUT2D eigenvalue weighted by Gasteiger charge is 2.34. The number of hydrogen-bond acceptors (Lipinski definition) is 6. The number of likely N-dealkylation sites (tertiary alicyclic amines) is 1. The van der Waals surface area contributed by atoms with E-state index in [1.165, 1.54) is 27.6 Å². The topological polar surface area (TPSA) is 109 Å². The maximum absolute atomic E-state index is 13.0. The molecule has 178 valence electrons. The number of nitrogens with zero attached hydrogens (tertiary/aromatic N) is 2. The zero-order valence-corrected chi connectivity index (χ0v) is 19.6. The number of benzene rings is 1. The SMILES string of the molecule is CC1CN(S(=O)(=O)c2ccc(NC(=O)C3CCCCN3C(=O)c3ccco3)cc2)CC(C)O1. The zero-order valence-electron chi connectivity index (χ0n) is 18.8. The monoisotopic (exact) mass is 475 g/mol. The van der Waals surface area contributed by atoms with Crippen molar-refractivity contribution in [3.63, 3.8) is 0 Å². The average molecular weight is 476 g/mol. The van der Waals surface area contributed by atoms with E-state index in [0.29, 0.717) is 31.7 Å². The largest absolute Gasteiger partial charge is 0.459 e. The summed E-state index contributed by atoms with van der Waals surface area (Å²) in [5.41, 5.74) is 0.471. The molecule has 3 heterocycles. The quantitative estimate of drug-likeness (QED) is 0.712. The molecule has 2 fully saturated rings. The smallest absolute Gasteiger partial charge is 0.290 e. The van der Waals surface area contributed by atoms with Gasteiger partial charge in [0.05, 0.1) is 23.4 Å². The molecule has 1 aromatic carbocycles. The first kappa shape index (κ1) is 23.5. The van der Waals surface area contributed by atoms with E-state index in [1.54, 1.807) is 24.3 Å². The summed E-state index contributed by atoms with van der Waals surface area (Å²) in [5.74, 6) is -0.410. The molecule has 0 aliphatic carbocycles. The van der Waals surface area contributed by atoms with Crippen LogP contribution in [0.25, 0.3) is 0 Å². The summed E-state index contributed by atoms with van der Waals surface area (Å²) in [6.45, 7) is 4.77. The van der Waals surface area contributed by atoms with Gasteiger partial charge in [0.2, 0.25) is 15.9 Å². The van der Waals surface area contributed by atoms with Gasteiger partial charge in [-0.1, -0.05) is 0 Å². The Morgan fingerprint density at radius 2 is 1.73 bits per heavy atom. The summed E-state index contributed by atoms with van der Waals surface area (Å²) in [7, 11) is -3.66. The molecule has 0 spiro atoms. The molecule has 10 heteroatoms. The molecule has 3 atom stereocenters. The minimum absolute atomic E-state index is 0.161. The third-order valence-corrected chi connectivity index (χ3v) is 7.79. The maximum atomic E-state index is 13.0. The Hall–Kier alpha value is -2.69. The Morgan fingerprint density at radius 3 is 2.36 bits per heavy atom. The minimum Gasteiger partial charge on any atom is -0.459 e. The molecule has 0 radical (unpaired) electrons. The summed E-state index contributed by atoms with van der Waals surface area (Å²) in [6.07, 6.45) is 3.29. The molecular formula is C23H29N3O6S. The van der Waals surface area contributed by atoms with Crippen LogP contribution in [0.15, 0.2) is 52.0 Å². The molecular weight excluding hydrogens is 446 g/mol. The molecule has 2 aromatic rings. The lowest BCUT2D eigenvalue weighted by molar-refractivity contribution is -0.121. The molecule has 0 bridgehead atoms. The molecule has 3 unspecified atom stereocenters. The number of carbonyl (C=O) groups is 2. The van der Waals surface area contributed by atoms with Crippen molar-refractivity contribution >= 4 is 27.5 Å². The Balaban J connectivity index is 1.45.